The highest BCUT2D eigenvalue weighted by Gasteiger charge is 2.12. The topological polar surface area (TPSA) is 12.5 Å². The van der Waals surface area contributed by atoms with Crippen molar-refractivity contribution >= 4 is 5.69 Å². The Bertz CT molecular complexity index is 579. The SMILES string of the molecule is Fc1ccccc1COc1cccc(N2CCCC2)c1. The van der Waals surface area contributed by atoms with Gasteiger partial charge in [0.25, 0.3) is 0 Å². The van der Waals surface area contributed by atoms with Crippen LogP contribution in [-0.4, -0.2) is 13.1 Å². The molecule has 0 N–H and O–H groups in total. The highest BCUT2D eigenvalue weighted by Crippen LogP contribution is 2.25. The van der Waals surface area contributed by atoms with Gasteiger partial charge in [0.2, 0.25) is 0 Å². The molecule has 2 aromatic carbocycles. The summed E-state index contributed by atoms with van der Waals surface area (Å²) in [5, 5.41) is 0. The zero-order chi connectivity index (χ0) is 13.8. The molecule has 0 amide bonds. The number of halogens is 1. The minimum atomic E-state index is -0.219. The van der Waals surface area contributed by atoms with Crippen molar-refractivity contribution in [2.24, 2.45) is 0 Å². The van der Waals surface area contributed by atoms with Gasteiger partial charge in [-0.15, -0.1) is 0 Å². The molecular weight excluding hydrogens is 253 g/mol. The van der Waals surface area contributed by atoms with E-state index in [0.29, 0.717) is 5.56 Å². The monoisotopic (exact) mass is 271 g/mol. The first-order valence-corrected chi connectivity index (χ1v) is 7.04. The lowest BCUT2D eigenvalue weighted by molar-refractivity contribution is 0.300. The Morgan fingerprint density at radius 2 is 1.80 bits per heavy atom. The summed E-state index contributed by atoms with van der Waals surface area (Å²) in [6.45, 7) is 2.48. The molecule has 3 rings (SSSR count). The van der Waals surface area contributed by atoms with Crippen molar-refractivity contribution in [3.8, 4) is 5.75 Å². The molecule has 1 aliphatic rings. The van der Waals surface area contributed by atoms with Crippen LogP contribution in [0.1, 0.15) is 18.4 Å². The Balaban J connectivity index is 1.68. The van der Waals surface area contributed by atoms with Gasteiger partial charge in [0.05, 0.1) is 0 Å². The Morgan fingerprint density at radius 3 is 2.60 bits per heavy atom. The van der Waals surface area contributed by atoms with Crippen molar-refractivity contribution in [3.05, 3.63) is 59.9 Å². The number of anilines is 1. The van der Waals surface area contributed by atoms with Crippen LogP contribution >= 0.6 is 0 Å². The predicted octanol–water partition coefficient (Wildman–Crippen LogP) is 4.00. The maximum atomic E-state index is 13.5. The summed E-state index contributed by atoms with van der Waals surface area (Å²) in [4.78, 5) is 2.36. The van der Waals surface area contributed by atoms with E-state index < -0.39 is 0 Å². The molecule has 104 valence electrons. The molecule has 0 atom stereocenters. The van der Waals surface area contributed by atoms with Gasteiger partial charge in [-0.25, -0.2) is 4.39 Å². The number of hydrogen-bond acceptors (Lipinski definition) is 2. The van der Waals surface area contributed by atoms with E-state index in [1.54, 1.807) is 12.1 Å². The molecular formula is C17H18FNO. The van der Waals surface area contributed by atoms with Crippen molar-refractivity contribution in [2.75, 3.05) is 18.0 Å². The van der Waals surface area contributed by atoms with Crippen molar-refractivity contribution < 1.29 is 9.13 Å². The Hall–Kier alpha value is -2.03. The van der Waals surface area contributed by atoms with Crippen LogP contribution in [0.25, 0.3) is 0 Å². The highest BCUT2D eigenvalue weighted by atomic mass is 19.1. The summed E-state index contributed by atoms with van der Waals surface area (Å²) in [5.74, 6) is 0.570. The third-order valence-corrected chi connectivity index (χ3v) is 3.64. The van der Waals surface area contributed by atoms with Gasteiger partial charge in [0.1, 0.15) is 18.2 Å². The van der Waals surface area contributed by atoms with Crippen molar-refractivity contribution in [3.63, 3.8) is 0 Å². The van der Waals surface area contributed by atoms with E-state index in [0.717, 1.165) is 18.8 Å². The number of ether oxygens (including phenoxy) is 1. The zero-order valence-electron chi connectivity index (χ0n) is 11.4. The van der Waals surface area contributed by atoms with E-state index in [4.69, 9.17) is 4.74 Å². The first-order valence-electron chi connectivity index (χ1n) is 7.04. The van der Waals surface area contributed by atoms with Gasteiger partial charge in [-0.05, 0) is 31.0 Å². The lowest BCUT2D eigenvalue weighted by Crippen LogP contribution is -2.17. The minimum Gasteiger partial charge on any atom is -0.489 e. The molecule has 1 aliphatic heterocycles. The van der Waals surface area contributed by atoms with Crippen molar-refractivity contribution in [2.45, 2.75) is 19.4 Å². The average molecular weight is 271 g/mol. The summed E-state index contributed by atoms with van der Waals surface area (Å²) in [6, 6.07) is 14.8. The van der Waals surface area contributed by atoms with E-state index >= 15 is 0 Å². The van der Waals surface area contributed by atoms with Crippen LogP contribution in [0, 0.1) is 5.82 Å². The molecule has 0 aliphatic carbocycles. The van der Waals surface area contributed by atoms with Crippen LogP contribution in [0.3, 0.4) is 0 Å². The summed E-state index contributed by atoms with van der Waals surface area (Å²) in [6.07, 6.45) is 2.50. The molecule has 3 heteroatoms. The molecule has 0 spiro atoms. The molecule has 20 heavy (non-hydrogen) atoms. The number of rotatable bonds is 4. The maximum absolute atomic E-state index is 13.5. The fourth-order valence-electron chi connectivity index (χ4n) is 2.52. The van der Waals surface area contributed by atoms with Gasteiger partial charge in [-0.2, -0.15) is 0 Å². The minimum absolute atomic E-state index is 0.219. The van der Waals surface area contributed by atoms with Gasteiger partial charge in [-0.1, -0.05) is 24.3 Å². The highest BCUT2D eigenvalue weighted by molar-refractivity contribution is 5.51. The van der Waals surface area contributed by atoms with E-state index in [2.05, 4.69) is 11.0 Å². The largest absolute Gasteiger partial charge is 0.489 e. The lowest BCUT2D eigenvalue weighted by atomic mass is 10.2. The molecule has 0 unspecified atom stereocenters. The second-order valence-electron chi connectivity index (χ2n) is 5.07. The van der Waals surface area contributed by atoms with Crippen LogP contribution in [-0.2, 0) is 6.61 Å². The third-order valence-electron chi connectivity index (χ3n) is 3.64. The number of hydrogen-bond donors (Lipinski definition) is 0. The Kier molecular flexibility index (Phi) is 3.86. The molecule has 0 aromatic heterocycles. The summed E-state index contributed by atoms with van der Waals surface area (Å²) >= 11 is 0. The standard InChI is InChI=1S/C17H18FNO/c18-17-9-2-1-6-14(17)13-20-16-8-5-7-15(12-16)19-10-3-4-11-19/h1-2,5-9,12H,3-4,10-11,13H2. The number of benzene rings is 2. The van der Waals surface area contributed by atoms with Gasteiger partial charge < -0.3 is 9.64 Å². The van der Waals surface area contributed by atoms with E-state index in [1.165, 1.54) is 24.6 Å². The van der Waals surface area contributed by atoms with E-state index in [1.807, 2.05) is 24.3 Å². The first-order chi connectivity index (χ1) is 9.83. The zero-order valence-corrected chi connectivity index (χ0v) is 11.4. The van der Waals surface area contributed by atoms with Crippen molar-refractivity contribution in [1.29, 1.82) is 0 Å². The molecule has 0 bridgehead atoms. The normalized spacial score (nSPS) is 14.6. The fraction of sp³-hybridized carbons (Fsp3) is 0.294. The summed E-state index contributed by atoms with van der Waals surface area (Å²) < 4.78 is 19.2. The van der Waals surface area contributed by atoms with Crippen LogP contribution in [0.15, 0.2) is 48.5 Å². The number of nitrogens with zero attached hydrogens (tertiary/aromatic N) is 1. The van der Waals surface area contributed by atoms with Gasteiger partial charge in [0.15, 0.2) is 0 Å². The third kappa shape index (κ3) is 2.93. The van der Waals surface area contributed by atoms with Gasteiger partial charge >= 0.3 is 0 Å². The quantitative estimate of drug-likeness (QED) is 0.833. The molecule has 1 heterocycles. The van der Waals surface area contributed by atoms with Crippen molar-refractivity contribution in [1.82, 2.24) is 0 Å². The lowest BCUT2D eigenvalue weighted by Gasteiger charge is -2.18. The van der Waals surface area contributed by atoms with E-state index in [9.17, 15) is 4.39 Å². The van der Waals surface area contributed by atoms with Gasteiger partial charge in [0, 0.05) is 30.4 Å². The molecule has 0 saturated carbocycles. The van der Waals surface area contributed by atoms with Crippen LogP contribution in [0.5, 0.6) is 5.75 Å². The average Bonchev–Trinajstić information content (AvgIpc) is 3.01. The van der Waals surface area contributed by atoms with Crippen LogP contribution < -0.4 is 9.64 Å². The van der Waals surface area contributed by atoms with E-state index in [-0.39, 0.29) is 12.4 Å². The van der Waals surface area contributed by atoms with Crippen LogP contribution in [0.2, 0.25) is 0 Å². The molecule has 1 saturated heterocycles. The first kappa shape index (κ1) is 13.0. The summed E-state index contributed by atoms with van der Waals surface area (Å²) in [5.41, 5.74) is 1.77. The fourth-order valence-corrected chi connectivity index (χ4v) is 2.52. The Labute approximate surface area is 118 Å². The van der Waals surface area contributed by atoms with Gasteiger partial charge in [-0.3, -0.25) is 0 Å². The maximum Gasteiger partial charge on any atom is 0.129 e. The smallest absolute Gasteiger partial charge is 0.129 e. The molecule has 2 nitrogen and oxygen atoms in total. The Morgan fingerprint density at radius 1 is 1.00 bits per heavy atom. The van der Waals surface area contributed by atoms with Crippen LogP contribution in [0.4, 0.5) is 10.1 Å². The molecule has 2 aromatic rings. The second-order valence-corrected chi connectivity index (χ2v) is 5.07. The predicted molar refractivity (Wildman–Crippen MR) is 78.6 cm³/mol. The second kappa shape index (κ2) is 5.95. The molecule has 0 radical (unpaired) electrons. The summed E-state index contributed by atoms with van der Waals surface area (Å²) in [7, 11) is 0. The molecule has 1 fully saturated rings.